The van der Waals surface area contributed by atoms with Crippen LogP contribution in [-0.2, 0) is 14.6 Å². The molecule has 166 valence electrons. The van der Waals surface area contributed by atoms with E-state index in [1.165, 1.54) is 109 Å². The first kappa shape index (κ1) is 31.4. The second kappa shape index (κ2) is 24.5. The van der Waals surface area contributed by atoms with Crippen molar-refractivity contribution < 1.29 is 46.7 Å². The fraction of sp³-hybridized carbons (Fsp3) is 0.826. The first-order chi connectivity index (χ1) is 13.6. The summed E-state index contributed by atoms with van der Waals surface area (Å²) in [5.74, 6) is 0. The smallest absolute Gasteiger partial charge is 0.716 e. The second-order valence-electron chi connectivity index (χ2n) is 7.71. The van der Waals surface area contributed by atoms with Crippen molar-refractivity contribution in [2.24, 2.45) is 0 Å². The largest absolute Gasteiger partial charge is 1.00 e. The van der Waals surface area contributed by atoms with Gasteiger partial charge in [-0.2, -0.15) is 0 Å². The summed E-state index contributed by atoms with van der Waals surface area (Å²) in [6.45, 7) is 2.27. The van der Waals surface area contributed by atoms with Crippen molar-refractivity contribution in [2.45, 2.75) is 122 Å². The molecule has 0 atom stereocenters. The maximum atomic E-state index is 10.2. The van der Waals surface area contributed by atoms with E-state index in [0.29, 0.717) is 0 Å². The quantitative estimate of drug-likeness (QED) is 0.0657. The van der Waals surface area contributed by atoms with Crippen LogP contribution in [0.25, 0.3) is 0 Å². The van der Waals surface area contributed by atoms with Crippen molar-refractivity contribution in [2.75, 3.05) is 0 Å². The van der Waals surface area contributed by atoms with Crippen LogP contribution in [0.5, 0.6) is 0 Å². The third kappa shape index (κ3) is 30.5. The molecule has 0 aliphatic heterocycles. The Morgan fingerprint density at radius 2 is 1.03 bits per heavy atom. The van der Waals surface area contributed by atoms with Crippen LogP contribution in [0, 0.1) is 0 Å². The van der Waals surface area contributed by atoms with Crippen LogP contribution in [0.4, 0.5) is 0 Å². The predicted octanol–water partition coefficient (Wildman–Crippen LogP) is 4.58. The summed E-state index contributed by atoms with van der Waals surface area (Å²) >= 11 is 0. The molecule has 0 aliphatic rings. The maximum Gasteiger partial charge on any atom is 1.00 e. The normalized spacial score (nSPS) is 11.9. The molecule has 0 N–H and O–H groups in total. The molecule has 4 nitrogen and oxygen atoms in total. The van der Waals surface area contributed by atoms with E-state index in [4.69, 9.17) is 0 Å². The molecule has 29 heavy (non-hydrogen) atoms. The van der Waals surface area contributed by atoms with Crippen LogP contribution in [-0.4, -0.2) is 13.0 Å². The molecule has 0 aliphatic carbocycles. The summed E-state index contributed by atoms with van der Waals surface area (Å²) < 4.78 is 34.5. The molecule has 0 bridgehead atoms. The monoisotopic (exact) mass is 438 g/mol. The average Bonchev–Trinajstić information content (AvgIpc) is 2.65. The molecule has 0 fully saturated rings. The van der Waals surface area contributed by atoms with Gasteiger partial charge in [-0.25, -0.2) is 8.42 Å². The number of unbranched alkanes of at least 4 members (excludes halogenated alkanes) is 17. The minimum Gasteiger partial charge on any atom is -0.716 e. The number of hydrogen-bond acceptors (Lipinski definition) is 4. The number of hydrogen-bond donors (Lipinski definition) is 0. The van der Waals surface area contributed by atoms with Gasteiger partial charge in [0.05, 0.1) is 0 Å². The minimum atomic E-state index is -4.62. The first-order valence-corrected chi connectivity index (χ1v) is 12.9. The molecule has 0 aromatic carbocycles. The Morgan fingerprint density at radius 3 is 1.41 bits per heavy atom. The van der Waals surface area contributed by atoms with Gasteiger partial charge >= 0.3 is 29.6 Å². The van der Waals surface area contributed by atoms with Crippen molar-refractivity contribution >= 4 is 10.4 Å². The van der Waals surface area contributed by atoms with E-state index < -0.39 is 10.4 Å². The standard InChI is InChI=1S/C23H44O4S.Na/c1-2-3-4-5-6-7-8-9-10-11-12-13-14-15-16-17-18-19-20-21-22-23-27-28(24,25)26;/h20-23H,2-19H2,1H3,(H,24,25,26);/q;+1/p-1/b21-20+,23-22+;. The Balaban J connectivity index is 0. The van der Waals surface area contributed by atoms with Crippen molar-refractivity contribution in [1.82, 2.24) is 0 Å². The predicted molar refractivity (Wildman–Crippen MR) is 118 cm³/mol. The zero-order valence-corrected chi connectivity index (χ0v) is 21.9. The van der Waals surface area contributed by atoms with E-state index in [1.54, 1.807) is 6.08 Å². The third-order valence-corrected chi connectivity index (χ3v) is 5.32. The minimum absolute atomic E-state index is 0. The van der Waals surface area contributed by atoms with E-state index >= 15 is 0 Å². The van der Waals surface area contributed by atoms with Gasteiger partial charge in [-0.15, -0.1) is 0 Å². The van der Waals surface area contributed by atoms with E-state index in [-0.39, 0.29) is 29.6 Å². The summed E-state index contributed by atoms with van der Waals surface area (Å²) in [7, 11) is -4.62. The van der Waals surface area contributed by atoms with Crippen LogP contribution in [0.2, 0.25) is 0 Å². The van der Waals surface area contributed by atoms with Gasteiger partial charge < -0.3 is 8.74 Å². The van der Waals surface area contributed by atoms with Gasteiger partial charge in [0.15, 0.2) is 0 Å². The molecule has 0 amide bonds. The molecule has 0 aromatic heterocycles. The molecule has 0 spiro atoms. The molecule has 0 saturated heterocycles. The Morgan fingerprint density at radius 1 is 0.655 bits per heavy atom. The van der Waals surface area contributed by atoms with Gasteiger partial charge in [0, 0.05) is 0 Å². The molecular weight excluding hydrogens is 395 g/mol. The molecule has 0 rings (SSSR count). The van der Waals surface area contributed by atoms with E-state index in [2.05, 4.69) is 11.1 Å². The molecule has 0 aromatic rings. The zero-order valence-electron chi connectivity index (χ0n) is 19.1. The van der Waals surface area contributed by atoms with Crippen LogP contribution >= 0.6 is 0 Å². The van der Waals surface area contributed by atoms with Gasteiger partial charge in [-0.05, 0) is 18.9 Å². The summed E-state index contributed by atoms with van der Waals surface area (Å²) in [5, 5.41) is 0. The van der Waals surface area contributed by atoms with E-state index in [0.717, 1.165) is 19.1 Å². The number of rotatable bonds is 21. The van der Waals surface area contributed by atoms with Crippen molar-refractivity contribution in [3.63, 3.8) is 0 Å². The summed E-state index contributed by atoms with van der Waals surface area (Å²) in [5.41, 5.74) is 0. The molecule has 6 heteroatoms. The van der Waals surface area contributed by atoms with Gasteiger partial charge in [0.2, 0.25) is 0 Å². The second-order valence-corrected chi connectivity index (χ2v) is 8.72. The summed E-state index contributed by atoms with van der Waals surface area (Å²) in [4.78, 5) is 0. The van der Waals surface area contributed by atoms with Crippen molar-refractivity contribution in [3.05, 3.63) is 24.5 Å². The van der Waals surface area contributed by atoms with Crippen LogP contribution in [0.3, 0.4) is 0 Å². The van der Waals surface area contributed by atoms with E-state index in [1.807, 2.05) is 6.08 Å². The molecule has 0 unspecified atom stereocenters. The van der Waals surface area contributed by atoms with Crippen LogP contribution < -0.4 is 29.6 Å². The third-order valence-electron chi connectivity index (χ3n) is 4.97. The SMILES string of the molecule is CCCCCCCCCCCCCCCCCCC/C=C/C=C/OS(=O)(=O)[O-].[Na+]. The van der Waals surface area contributed by atoms with Gasteiger partial charge in [0.1, 0.15) is 6.26 Å². The van der Waals surface area contributed by atoms with Gasteiger partial charge in [-0.3, -0.25) is 0 Å². The Hall–Kier alpha value is 0.190. The average molecular weight is 439 g/mol. The molecule has 0 saturated carbocycles. The van der Waals surface area contributed by atoms with Gasteiger partial charge in [0.25, 0.3) is 10.4 Å². The zero-order chi connectivity index (χ0) is 20.8. The number of allylic oxidation sites excluding steroid dienone is 3. The molecule has 0 heterocycles. The van der Waals surface area contributed by atoms with Crippen molar-refractivity contribution in [3.8, 4) is 0 Å². The molecular formula is C23H43NaO4S. The maximum absolute atomic E-state index is 10.2. The summed E-state index contributed by atoms with van der Waals surface area (Å²) in [6, 6.07) is 0. The fourth-order valence-electron chi connectivity index (χ4n) is 3.31. The molecule has 0 radical (unpaired) electrons. The fourth-order valence-corrected chi connectivity index (χ4v) is 3.51. The van der Waals surface area contributed by atoms with Crippen molar-refractivity contribution in [1.29, 1.82) is 0 Å². The van der Waals surface area contributed by atoms with Gasteiger partial charge in [-0.1, -0.05) is 122 Å². The topological polar surface area (TPSA) is 66.4 Å². The van der Waals surface area contributed by atoms with E-state index in [9.17, 15) is 13.0 Å². The first-order valence-electron chi connectivity index (χ1n) is 11.5. The Labute approximate surface area is 203 Å². The Kier molecular flexibility index (Phi) is 26.5. The summed E-state index contributed by atoms with van der Waals surface area (Å²) in [6.07, 6.45) is 30.2. The van der Waals surface area contributed by atoms with Crippen LogP contribution in [0.15, 0.2) is 24.5 Å². The van der Waals surface area contributed by atoms with Crippen LogP contribution in [0.1, 0.15) is 122 Å². The Bertz CT molecular complexity index is 475.